The molecule has 0 aliphatic rings. The standard InChI is InChI=1S/C12H16FN3O4/c1-8(17)14-4-3-5-15-10-7-12(20-2)11(16(18)19)6-9(10)13/h6-7,15H,3-5H2,1-2H3,(H,14,17). The van der Waals surface area contributed by atoms with Crippen LogP contribution in [-0.2, 0) is 4.79 Å². The lowest BCUT2D eigenvalue weighted by Crippen LogP contribution is -2.22. The Hall–Kier alpha value is -2.38. The van der Waals surface area contributed by atoms with E-state index in [4.69, 9.17) is 4.74 Å². The van der Waals surface area contributed by atoms with Crippen LogP contribution in [0.1, 0.15) is 13.3 Å². The first-order valence-electron chi connectivity index (χ1n) is 5.96. The smallest absolute Gasteiger partial charge is 0.313 e. The molecule has 0 spiro atoms. The van der Waals surface area contributed by atoms with Gasteiger partial charge in [-0.1, -0.05) is 0 Å². The first kappa shape index (κ1) is 15.7. The van der Waals surface area contributed by atoms with Gasteiger partial charge < -0.3 is 15.4 Å². The van der Waals surface area contributed by atoms with Crippen molar-refractivity contribution in [2.24, 2.45) is 0 Å². The van der Waals surface area contributed by atoms with Gasteiger partial charge in [0.2, 0.25) is 5.91 Å². The second-order valence-electron chi connectivity index (χ2n) is 4.02. The van der Waals surface area contributed by atoms with Crippen LogP contribution >= 0.6 is 0 Å². The fourth-order valence-electron chi connectivity index (χ4n) is 1.56. The maximum atomic E-state index is 13.7. The number of rotatable bonds is 7. The van der Waals surface area contributed by atoms with E-state index in [2.05, 4.69) is 10.6 Å². The molecule has 0 atom stereocenters. The number of hydrogen-bond acceptors (Lipinski definition) is 5. The molecule has 0 saturated carbocycles. The maximum absolute atomic E-state index is 13.7. The molecule has 1 amide bonds. The highest BCUT2D eigenvalue weighted by Gasteiger charge is 2.18. The maximum Gasteiger partial charge on any atom is 0.313 e. The number of ether oxygens (including phenoxy) is 1. The number of nitrogens with zero attached hydrogens (tertiary/aromatic N) is 1. The Morgan fingerprint density at radius 1 is 1.45 bits per heavy atom. The van der Waals surface area contributed by atoms with Crippen molar-refractivity contribution in [3.8, 4) is 5.75 Å². The van der Waals surface area contributed by atoms with Gasteiger partial charge in [-0.3, -0.25) is 14.9 Å². The van der Waals surface area contributed by atoms with Gasteiger partial charge in [0.15, 0.2) is 11.6 Å². The molecular formula is C12H16FN3O4. The van der Waals surface area contributed by atoms with E-state index in [-0.39, 0.29) is 17.3 Å². The number of halogens is 1. The Balaban J connectivity index is 2.66. The second kappa shape index (κ2) is 7.27. The number of carbonyl (C=O) groups excluding carboxylic acids is 1. The third-order valence-electron chi connectivity index (χ3n) is 2.51. The zero-order valence-electron chi connectivity index (χ0n) is 11.2. The summed E-state index contributed by atoms with van der Waals surface area (Å²) >= 11 is 0. The normalized spacial score (nSPS) is 9.95. The Morgan fingerprint density at radius 2 is 2.15 bits per heavy atom. The molecule has 0 aromatic heterocycles. The monoisotopic (exact) mass is 285 g/mol. The van der Waals surface area contributed by atoms with E-state index in [1.54, 1.807) is 0 Å². The summed E-state index contributed by atoms with van der Waals surface area (Å²) in [6.45, 7) is 2.29. The van der Waals surface area contributed by atoms with Crippen LogP contribution in [0.25, 0.3) is 0 Å². The summed E-state index contributed by atoms with van der Waals surface area (Å²) in [7, 11) is 1.28. The number of nitro groups is 1. The van der Waals surface area contributed by atoms with Crippen LogP contribution in [0, 0.1) is 15.9 Å². The molecule has 8 heteroatoms. The van der Waals surface area contributed by atoms with Crippen LogP contribution in [0.2, 0.25) is 0 Å². The fourth-order valence-corrected chi connectivity index (χ4v) is 1.56. The molecule has 0 radical (unpaired) electrons. The minimum absolute atomic E-state index is 0.0132. The number of benzene rings is 1. The average molecular weight is 285 g/mol. The van der Waals surface area contributed by atoms with Crippen molar-refractivity contribution in [1.29, 1.82) is 0 Å². The zero-order chi connectivity index (χ0) is 15.1. The highest BCUT2D eigenvalue weighted by atomic mass is 19.1. The molecule has 7 nitrogen and oxygen atoms in total. The van der Waals surface area contributed by atoms with Crippen molar-refractivity contribution in [2.75, 3.05) is 25.5 Å². The highest BCUT2D eigenvalue weighted by molar-refractivity contribution is 5.72. The SMILES string of the molecule is COc1cc(NCCCNC(C)=O)c(F)cc1[N+](=O)[O-]. The number of carbonyl (C=O) groups is 1. The van der Waals surface area contributed by atoms with Crippen molar-refractivity contribution in [1.82, 2.24) is 5.32 Å². The molecule has 110 valence electrons. The molecule has 1 aromatic carbocycles. The first-order chi connectivity index (χ1) is 9.45. The van der Waals surface area contributed by atoms with E-state index in [0.717, 1.165) is 6.07 Å². The van der Waals surface area contributed by atoms with Gasteiger partial charge >= 0.3 is 5.69 Å². The predicted octanol–water partition coefficient (Wildman–Crippen LogP) is 1.68. The lowest BCUT2D eigenvalue weighted by molar-refractivity contribution is -0.385. The van der Waals surface area contributed by atoms with Crippen LogP contribution < -0.4 is 15.4 Å². The van der Waals surface area contributed by atoms with Gasteiger partial charge in [0.1, 0.15) is 0 Å². The van der Waals surface area contributed by atoms with Gasteiger partial charge in [0.05, 0.1) is 23.8 Å². The molecular weight excluding hydrogens is 269 g/mol. The number of hydrogen-bond donors (Lipinski definition) is 2. The summed E-state index contributed by atoms with van der Waals surface area (Å²) < 4.78 is 18.5. The lowest BCUT2D eigenvalue weighted by Gasteiger charge is -2.10. The molecule has 20 heavy (non-hydrogen) atoms. The topological polar surface area (TPSA) is 93.5 Å². The van der Waals surface area contributed by atoms with Crippen molar-refractivity contribution in [3.63, 3.8) is 0 Å². The van der Waals surface area contributed by atoms with Crippen molar-refractivity contribution in [2.45, 2.75) is 13.3 Å². The molecule has 0 heterocycles. The van der Waals surface area contributed by atoms with Gasteiger partial charge in [-0.05, 0) is 6.42 Å². The lowest BCUT2D eigenvalue weighted by atomic mass is 10.2. The van der Waals surface area contributed by atoms with E-state index < -0.39 is 16.4 Å². The second-order valence-corrected chi connectivity index (χ2v) is 4.02. The Morgan fingerprint density at radius 3 is 2.70 bits per heavy atom. The van der Waals surface area contributed by atoms with Gasteiger partial charge in [-0.2, -0.15) is 0 Å². The number of anilines is 1. The van der Waals surface area contributed by atoms with E-state index >= 15 is 0 Å². The number of amides is 1. The highest BCUT2D eigenvalue weighted by Crippen LogP contribution is 2.32. The van der Waals surface area contributed by atoms with Crippen LogP contribution in [0.5, 0.6) is 5.75 Å². The molecule has 2 N–H and O–H groups in total. The molecule has 1 rings (SSSR count). The summed E-state index contributed by atoms with van der Waals surface area (Å²) in [5, 5.41) is 16.1. The first-order valence-corrected chi connectivity index (χ1v) is 5.96. The molecule has 1 aromatic rings. The van der Waals surface area contributed by atoms with Gasteiger partial charge in [-0.25, -0.2) is 4.39 Å². The third-order valence-corrected chi connectivity index (χ3v) is 2.51. The Kier molecular flexibility index (Phi) is 5.70. The van der Waals surface area contributed by atoms with Crippen molar-refractivity contribution < 1.29 is 18.8 Å². The van der Waals surface area contributed by atoms with Crippen LogP contribution in [-0.4, -0.2) is 31.0 Å². The number of nitro benzene ring substituents is 1. The number of nitrogens with one attached hydrogen (secondary N) is 2. The minimum Gasteiger partial charge on any atom is -0.490 e. The van der Waals surface area contributed by atoms with Crippen molar-refractivity contribution in [3.05, 3.63) is 28.1 Å². The van der Waals surface area contributed by atoms with E-state index in [0.29, 0.717) is 19.5 Å². The van der Waals surface area contributed by atoms with Gasteiger partial charge in [-0.15, -0.1) is 0 Å². The quantitative estimate of drug-likeness (QED) is 0.451. The van der Waals surface area contributed by atoms with E-state index in [9.17, 15) is 19.3 Å². The van der Waals surface area contributed by atoms with E-state index in [1.807, 2.05) is 0 Å². The van der Waals surface area contributed by atoms with Crippen LogP contribution in [0.15, 0.2) is 12.1 Å². The summed E-state index contributed by atoms with van der Waals surface area (Å²) in [6, 6.07) is 2.06. The van der Waals surface area contributed by atoms with Gasteiger partial charge in [0.25, 0.3) is 0 Å². The largest absolute Gasteiger partial charge is 0.490 e. The number of methoxy groups -OCH3 is 1. The molecule has 0 saturated heterocycles. The summed E-state index contributed by atoms with van der Waals surface area (Å²) in [5.74, 6) is -0.869. The van der Waals surface area contributed by atoms with Crippen molar-refractivity contribution >= 4 is 17.3 Å². The summed E-state index contributed by atoms with van der Waals surface area (Å²) in [6.07, 6.45) is 0.596. The Bertz CT molecular complexity index is 508. The minimum atomic E-state index is -0.725. The molecule has 0 fully saturated rings. The zero-order valence-corrected chi connectivity index (χ0v) is 11.2. The summed E-state index contributed by atoms with van der Waals surface area (Å²) in [5.41, 5.74) is -0.302. The fraction of sp³-hybridized carbons (Fsp3) is 0.417. The summed E-state index contributed by atoms with van der Waals surface area (Å²) in [4.78, 5) is 20.6. The predicted molar refractivity (Wildman–Crippen MR) is 71.4 cm³/mol. The average Bonchev–Trinajstić information content (AvgIpc) is 2.39. The van der Waals surface area contributed by atoms with Gasteiger partial charge in [0, 0.05) is 26.1 Å². The Labute approximate surface area is 115 Å². The molecule has 0 aliphatic heterocycles. The molecule has 0 unspecified atom stereocenters. The van der Waals surface area contributed by atoms with Crippen LogP contribution in [0.4, 0.5) is 15.8 Å². The van der Waals surface area contributed by atoms with Crippen LogP contribution in [0.3, 0.4) is 0 Å². The third kappa shape index (κ3) is 4.38. The molecule has 0 bridgehead atoms. The molecule has 0 aliphatic carbocycles. The van der Waals surface area contributed by atoms with E-state index in [1.165, 1.54) is 20.1 Å².